The standard InChI is InChI=1S/C16H14BrNO3/c1-10(11-5-6-14-15(8-11)21-9-20-14)18-16(19)12-3-2-4-13(17)7-12/h2-8,10H,9H2,1H3,(H,18,19)/t10-/m0/s1. The van der Waals surface area contributed by atoms with Crippen molar-refractivity contribution in [2.24, 2.45) is 0 Å². The smallest absolute Gasteiger partial charge is 0.251 e. The van der Waals surface area contributed by atoms with Gasteiger partial charge in [0, 0.05) is 10.0 Å². The molecule has 2 aromatic rings. The van der Waals surface area contributed by atoms with Crippen molar-refractivity contribution in [3.05, 3.63) is 58.1 Å². The molecule has 0 unspecified atom stereocenters. The van der Waals surface area contributed by atoms with Gasteiger partial charge in [0.2, 0.25) is 6.79 Å². The van der Waals surface area contributed by atoms with Crippen LogP contribution in [0, 0.1) is 0 Å². The van der Waals surface area contributed by atoms with Crippen molar-refractivity contribution in [3.8, 4) is 11.5 Å². The lowest BCUT2D eigenvalue weighted by Gasteiger charge is -2.15. The first-order valence-electron chi connectivity index (χ1n) is 6.59. The molecule has 0 saturated carbocycles. The summed E-state index contributed by atoms with van der Waals surface area (Å²) in [6.07, 6.45) is 0. The number of carbonyl (C=O) groups is 1. The second kappa shape index (κ2) is 5.77. The zero-order valence-corrected chi connectivity index (χ0v) is 13.0. The van der Waals surface area contributed by atoms with Gasteiger partial charge < -0.3 is 14.8 Å². The monoisotopic (exact) mass is 347 g/mol. The number of fused-ring (bicyclic) bond motifs is 1. The van der Waals surface area contributed by atoms with Crippen molar-refractivity contribution in [2.45, 2.75) is 13.0 Å². The number of benzene rings is 2. The van der Waals surface area contributed by atoms with Gasteiger partial charge in [0.1, 0.15) is 0 Å². The third-order valence-electron chi connectivity index (χ3n) is 3.33. The van der Waals surface area contributed by atoms with Crippen LogP contribution in [0.2, 0.25) is 0 Å². The number of hydrogen-bond acceptors (Lipinski definition) is 3. The molecule has 1 aliphatic heterocycles. The summed E-state index contributed by atoms with van der Waals surface area (Å²) in [4.78, 5) is 12.2. The normalized spacial score (nSPS) is 13.8. The topological polar surface area (TPSA) is 47.6 Å². The Kier molecular flexibility index (Phi) is 3.84. The van der Waals surface area contributed by atoms with E-state index in [4.69, 9.17) is 9.47 Å². The van der Waals surface area contributed by atoms with E-state index in [0.717, 1.165) is 21.5 Å². The van der Waals surface area contributed by atoms with Gasteiger partial charge >= 0.3 is 0 Å². The molecule has 1 amide bonds. The van der Waals surface area contributed by atoms with Gasteiger partial charge in [0.05, 0.1) is 6.04 Å². The molecule has 1 aliphatic rings. The molecule has 0 aliphatic carbocycles. The first kappa shape index (κ1) is 13.9. The van der Waals surface area contributed by atoms with E-state index in [0.29, 0.717) is 5.56 Å². The molecule has 5 heteroatoms. The summed E-state index contributed by atoms with van der Waals surface area (Å²) in [7, 11) is 0. The quantitative estimate of drug-likeness (QED) is 0.921. The molecule has 108 valence electrons. The third-order valence-corrected chi connectivity index (χ3v) is 3.82. The summed E-state index contributed by atoms with van der Waals surface area (Å²) in [6.45, 7) is 2.19. The minimum atomic E-state index is -0.119. The van der Waals surface area contributed by atoms with Crippen molar-refractivity contribution in [1.29, 1.82) is 0 Å². The largest absolute Gasteiger partial charge is 0.454 e. The lowest BCUT2D eigenvalue weighted by Crippen LogP contribution is -2.26. The average Bonchev–Trinajstić information content (AvgIpc) is 2.94. The zero-order chi connectivity index (χ0) is 14.8. The maximum atomic E-state index is 12.2. The van der Waals surface area contributed by atoms with E-state index in [-0.39, 0.29) is 18.7 Å². The number of amides is 1. The minimum Gasteiger partial charge on any atom is -0.454 e. The van der Waals surface area contributed by atoms with Crippen LogP contribution >= 0.6 is 15.9 Å². The van der Waals surface area contributed by atoms with Crippen LogP contribution in [0.3, 0.4) is 0 Å². The fourth-order valence-corrected chi connectivity index (χ4v) is 2.57. The van der Waals surface area contributed by atoms with E-state index in [1.165, 1.54) is 0 Å². The van der Waals surface area contributed by atoms with Gasteiger partial charge in [-0.15, -0.1) is 0 Å². The highest BCUT2D eigenvalue weighted by molar-refractivity contribution is 9.10. The number of halogens is 1. The molecule has 3 rings (SSSR count). The van der Waals surface area contributed by atoms with Crippen LogP contribution in [-0.4, -0.2) is 12.7 Å². The molecule has 0 radical (unpaired) electrons. The number of nitrogens with one attached hydrogen (secondary N) is 1. The summed E-state index contributed by atoms with van der Waals surface area (Å²) in [5.74, 6) is 1.35. The van der Waals surface area contributed by atoms with Gasteiger partial charge in [0.25, 0.3) is 5.91 Å². The Balaban J connectivity index is 1.74. The minimum absolute atomic E-state index is 0.110. The highest BCUT2D eigenvalue weighted by Crippen LogP contribution is 2.34. The molecule has 0 saturated heterocycles. The van der Waals surface area contributed by atoms with E-state index < -0.39 is 0 Å². The van der Waals surface area contributed by atoms with Crippen molar-refractivity contribution < 1.29 is 14.3 Å². The fraction of sp³-hybridized carbons (Fsp3) is 0.188. The summed E-state index contributed by atoms with van der Waals surface area (Å²) in [6, 6.07) is 12.9. The summed E-state index contributed by atoms with van der Waals surface area (Å²) in [5.41, 5.74) is 1.60. The van der Waals surface area contributed by atoms with Crippen LogP contribution < -0.4 is 14.8 Å². The van der Waals surface area contributed by atoms with Crippen LogP contribution in [0.4, 0.5) is 0 Å². The Morgan fingerprint density at radius 3 is 2.81 bits per heavy atom. The highest BCUT2D eigenvalue weighted by Gasteiger charge is 2.17. The molecule has 0 fully saturated rings. The second-order valence-corrected chi connectivity index (χ2v) is 5.73. The first-order chi connectivity index (χ1) is 10.1. The van der Waals surface area contributed by atoms with Gasteiger partial charge in [0.15, 0.2) is 11.5 Å². The van der Waals surface area contributed by atoms with E-state index >= 15 is 0 Å². The molecule has 2 aromatic carbocycles. The molecule has 1 atom stereocenters. The van der Waals surface area contributed by atoms with Gasteiger partial charge in [-0.3, -0.25) is 4.79 Å². The van der Waals surface area contributed by atoms with Gasteiger partial charge in [-0.2, -0.15) is 0 Å². The number of rotatable bonds is 3. The Hall–Kier alpha value is -2.01. The lowest BCUT2D eigenvalue weighted by atomic mass is 10.1. The molecule has 4 nitrogen and oxygen atoms in total. The van der Waals surface area contributed by atoms with E-state index in [9.17, 15) is 4.79 Å². The predicted molar refractivity (Wildman–Crippen MR) is 82.6 cm³/mol. The highest BCUT2D eigenvalue weighted by atomic mass is 79.9. The van der Waals surface area contributed by atoms with E-state index in [1.807, 2.05) is 37.3 Å². The maximum absolute atomic E-state index is 12.2. The Labute approximate surface area is 131 Å². The molecule has 0 bridgehead atoms. The summed E-state index contributed by atoms with van der Waals surface area (Å²) >= 11 is 3.36. The van der Waals surface area contributed by atoms with E-state index in [1.54, 1.807) is 12.1 Å². The predicted octanol–water partition coefficient (Wildman–Crippen LogP) is 3.67. The van der Waals surface area contributed by atoms with Crippen molar-refractivity contribution >= 4 is 21.8 Å². The molecular formula is C16H14BrNO3. The third kappa shape index (κ3) is 3.03. The Morgan fingerprint density at radius 1 is 1.19 bits per heavy atom. The van der Waals surface area contributed by atoms with Crippen molar-refractivity contribution in [2.75, 3.05) is 6.79 Å². The molecular weight excluding hydrogens is 334 g/mol. The van der Waals surface area contributed by atoms with Gasteiger partial charge in [-0.25, -0.2) is 0 Å². The van der Waals surface area contributed by atoms with Gasteiger partial charge in [-0.1, -0.05) is 28.1 Å². The second-order valence-electron chi connectivity index (χ2n) is 4.82. The van der Waals surface area contributed by atoms with Crippen LogP contribution in [-0.2, 0) is 0 Å². The Morgan fingerprint density at radius 2 is 2.00 bits per heavy atom. The number of carbonyl (C=O) groups excluding carboxylic acids is 1. The average molecular weight is 348 g/mol. The fourth-order valence-electron chi connectivity index (χ4n) is 2.18. The summed E-state index contributed by atoms with van der Waals surface area (Å²) in [5, 5.41) is 2.97. The van der Waals surface area contributed by atoms with Crippen LogP contribution in [0.15, 0.2) is 46.9 Å². The molecule has 0 aromatic heterocycles. The van der Waals surface area contributed by atoms with E-state index in [2.05, 4.69) is 21.2 Å². The Bertz CT molecular complexity index is 687. The zero-order valence-electron chi connectivity index (χ0n) is 11.4. The van der Waals surface area contributed by atoms with Crippen LogP contribution in [0.1, 0.15) is 28.9 Å². The molecule has 1 heterocycles. The number of ether oxygens (including phenoxy) is 2. The SMILES string of the molecule is C[C@H](NC(=O)c1cccc(Br)c1)c1ccc2c(c1)OCO2. The van der Waals surface area contributed by atoms with Gasteiger partial charge in [-0.05, 0) is 42.8 Å². The summed E-state index contributed by atoms with van der Waals surface area (Å²) < 4.78 is 11.5. The first-order valence-corrected chi connectivity index (χ1v) is 7.39. The molecule has 0 spiro atoms. The van der Waals surface area contributed by atoms with Crippen LogP contribution in [0.25, 0.3) is 0 Å². The molecule has 1 N–H and O–H groups in total. The maximum Gasteiger partial charge on any atom is 0.251 e. The van der Waals surface area contributed by atoms with Crippen molar-refractivity contribution in [3.63, 3.8) is 0 Å². The van der Waals surface area contributed by atoms with Crippen LogP contribution in [0.5, 0.6) is 11.5 Å². The lowest BCUT2D eigenvalue weighted by molar-refractivity contribution is 0.0939. The molecule has 21 heavy (non-hydrogen) atoms. The van der Waals surface area contributed by atoms with Crippen molar-refractivity contribution in [1.82, 2.24) is 5.32 Å². The number of hydrogen-bond donors (Lipinski definition) is 1.